The predicted octanol–water partition coefficient (Wildman–Crippen LogP) is 2.76. The lowest BCUT2D eigenvalue weighted by atomic mass is 10.3. The van der Waals surface area contributed by atoms with Crippen LogP contribution in [0.1, 0.15) is 20.8 Å². The normalized spacial score (nSPS) is 11.1. The van der Waals surface area contributed by atoms with Crippen molar-refractivity contribution in [1.29, 1.82) is 0 Å². The molecule has 1 atom stereocenters. The number of carbonyl (C=O) groups is 3. The second-order valence-electron chi connectivity index (χ2n) is 4.71. The maximum Gasteiger partial charge on any atom is 0.431 e. The van der Waals surface area contributed by atoms with Crippen molar-refractivity contribution in [3.8, 4) is 0 Å². The fourth-order valence-electron chi connectivity index (χ4n) is 1.82. The minimum Gasteiger partial charge on any atom is -0.463 e. The number of nitrogens with one attached hydrogen (secondary N) is 2. The van der Waals surface area contributed by atoms with Gasteiger partial charge in [-0.05, 0) is 45.0 Å². The van der Waals surface area contributed by atoms with Gasteiger partial charge >= 0.3 is 18.2 Å². The van der Waals surface area contributed by atoms with Crippen LogP contribution in [0.3, 0.4) is 0 Å². The molecule has 0 aliphatic carbocycles. The monoisotopic (exact) mass is 387 g/mol. The molecule has 1 rings (SSSR count). The van der Waals surface area contributed by atoms with E-state index in [0.717, 1.165) is 0 Å². The van der Waals surface area contributed by atoms with E-state index in [1.54, 1.807) is 45.0 Å². The van der Waals surface area contributed by atoms with Crippen molar-refractivity contribution in [3.05, 3.63) is 29.3 Å². The number of amides is 2. The largest absolute Gasteiger partial charge is 0.463 e. The molecule has 0 saturated heterocycles. The summed E-state index contributed by atoms with van der Waals surface area (Å²) in [6.45, 7) is 5.00. The van der Waals surface area contributed by atoms with Crippen molar-refractivity contribution in [1.82, 2.24) is 10.4 Å². The van der Waals surface area contributed by atoms with E-state index in [4.69, 9.17) is 25.8 Å². The minimum atomic E-state index is -1.39. The summed E-state index contributed by atoms with van der Waals surface area (Å²) in [4.78, 5) is 36.4. The summed E-state index contributed by atoms with van der Waals surface area (Å²) in [6.07, 6.45) is -3.27. The Morgan fingerprint density at radius 3 is 2.12 bits per heavy atom. The second-order valence-corrected chi connectivity index (χ2v) is 5.14. The number of carbonyl (C=O) groups excluding carboxylic acids is 3. The summed E-state index contributed by atoms with van der Waals surface area (Å²) in [6, 6.07) is 6.39. The van der Waals surface area contributed by atoms with Crippen molar-refractivity contribution < 1.29 is 28.6 Å². The summed E-state index contributed by atoms with van der Waals surface area (Å²) in [5, 5.41) is 3.97. The van der Waals surface area contributed by atoms with Crippen LogP contribution in [0, 0.1) is 0 Å². The van der Waals surface area contributed by atoms with Crippen molar-refractivity contribution in [2.45, 2.75) is 26.9 Å². The van der Waals surface area contributed by atoms with E-state index >= 15 is 0 Å². The van der Waals surface area contributed by atoms with Gasteiger partial charge in [-0.15, -0.1) is 0 Å². The maximum absolute atomic E-state index is 12.4. The van der Waals surface area contributed by atoms with E-state index in [1.807, 2.05) is 0 Å². The number of ether oxygens (including phenoxy) is 3. The molecule has 0 heterocycles. The van der Waals surface area contributed by atoms with Gasteiger partial charge in [0.25, 0.3) is 0 Å². The van der Waals surface area contributed by atoms with Crippen LogP contribution in [-0.2, 0) is 19.0 Å². The molecule has 2 amide bonds. The van der Waals surface area contributed by atoms with Crippen LogP contribution in [0.5, 0.6) is 0 Å². The lowest BCUT2D eigenvalue weighted by Gasteiger charge is -2.29. The van der Waals surface area contributed by atoms with Crippen LogP contribution in [0.25, 0.3) is 0 Å². The highest BCUT2D eigenvalue weighted by Gasteiger charge is 2.34. The van der Waals surface area contributed by atoms with Crippen molar-refractivity contribution >= 4 is 35.4 Å². The van der Waals surface area contributed by atoms with Crippen LogP contribution in [0.15, 0.2) is 24.3 Å². The zero-order valence-electron chi connectivity index (χ0n) is 14.8. The average molecular weight is 388 g/mol. The highest BCUT2D eigenvalue weighted by atomic mass is 35.5. The van der Waals surface area contributed by atoms with Crippen LogP contribution in [0.4, 0.5) is 15.3 Å². The van der Waals surface area contributed by atoms with Gasteiger partial charge in [-0.25, -0.2) is 19.8 Å². The summed E-state index contributed by atoms with van der Waals surface area (Å²) in [5.74, 6) is -0.799. The average Bonchev–Trinajstić information content (AvgIpc) is 2.60. The molecule has 0 aromatic heterocycles. The third-order valence-corrected chi connectivity index (χ3v) is 3.12. The van der Waals surface area contributed by atoms with Crippen LogP contribution in [0.2, 0.25) is 5.02 Å². The number of esters is 1. The highest BCUT2D eigenvalue weighted by molar-refractivity contribution is 6.30. The van der Waals surface area contributed by atoms with Gasteiger partial charge in [-0.3, -0.25) is 0 Å². The van der Waals surface area contributed by atoms with E-state index in [9.17, 15) is 14.4 Å². The van der Waals surface area contributed by atoms with Gasteiger partial charge in [-0.2, -0.15) is 5.01 Å². The summed E-state index contributed by atoms with van der Waals surface area (Å²) in [5.41, 5.74) is 2.65. The Hall–Kier alpha value is -2.68. The topological polar surface area (TPSA) is 106 Å². The Balaban J connectivity index is 3.12. The number of benzene rings is 1. The third kappa shape index (κ3) is 6.67. The molecule has 1 aromatic carbocycles. The maximum atomic E-state index is 12.4. The van der Waals surface area contributed by atoms with E-state index in [1.165, 1.54) is 0 Å². The molecule has 0 spiro atoms. The molecular formula is C16H22ClN3O6. The number of rotatable bonds is 7. The number of anilines is 1. The van der Waals surface area contributed by atoms with E-state index in [0.29, 0.717) is 15.7 Å². The Morgan fingerprint density at radius 2 is 1.58 bits per heavy atom. The van der Waals surface area contributed by atoms with Gasteiger partial charge in [0.05, 0.1) is 19.8 Å². The number of hydrogen-bond donors (Lipinski definition) is 2. The number of hydrazine groups is 1. The third-order valence-electron chi connectivity index (χ3n) is 2.87. The first-order chi connectivity index (χ1) is 12.4. The standard InChI is InChI=1S/C16H22ClN3O6/c1-4-24-14(21)13(18-12-9-7-11(17)8-10-12)20(16(23)26-6-3)19-15(22)25-5-2/h7-10,13,18H,4-6H2,1-3H3,(H,19,22). The van der Waals surface area contributed by atoms with Gasteiger partial charge < -0.3 is 19.5 Å². The molecular weight excluding hydrogens is 366 g/mol. The van der Waals surface area contributed by atoms with E-state index < -0.39 is 24.3 Å². The summed E-state index contributed by atoms with van der Waals surface area (Å²) < 4.78 is 14.6. The first-order valence-electron chi connectivity index (χ1n) is 8.01. The molecule has 10 heteroatoms. The Labute approximate surface area is 156 Å². The van der Waals surface area contributed by atoms with Crippen molar-refractivity contribution in [3.63, 3.8) is 0 Å². The first kappa shape index (κ1) is 21.4. The molecule has 0 fully saturated rings. The number of halogens is 1. The van der Waals surface area contributed by atoms with Gasteiger partial charge in [0, 0.05) is 10.7 Å². The number of hydrogen-bond acceptors (Lipinski definition) is 7. The fraction of sp³-hybridized carbons (Fsp3) is 0.438. The minimum absolute atomic E-state index is 0.0380. The highest BCUT2D eigenvalue weighted by Crippen LogP contribution is 2.16. The van der Waals surface area contributed by atoms with Crippen LogP contribution in [-0.4, -0.2) is 49.2 Å². The zero-order valence-corrected chi connectivity index (χ0v) is 15.5. The lowest BCUT2D eigenvalue weighted by Crippen LogP contribution is -2.58. The molecule has 0 aliphatic heterocycles. The van der Waals surface area contributed by atoms with Gasteiger partial charge in [0.1, 0.15) is 0 Å². The Bertz CT molecular complexity index is 611. The molecule has 144 valence electrons. The van der Waals surface area contributed by atoms with Gasteiger partial charge in [-0.1, -0.05) is 11.6 Å². The quantitative estimate of drug-likeness (QED) is 0.320. The number of nitrogens with zero attached hydrogens (tertiary/aromatic N) is 1. The molecule has 0 saturated carbocycles. The molecule has 1 aromatic rings. The Kier molecular flexibility index (Phi) is 9.07. The van der Waals surface area contributed by atoms with E-state index in [2.05, 4.69) is 10.7 Å². The smallest absolute Gasteiger partial charge is 0.431 e. The molecule has 9 nitrogen and oxygen atoms in total. The summed E-state index contributed by atoms with van der Waals surface area (Å²) >= 11 is 5.84. The molecule has 0 radical (unpaired) electrons. The molecule has 26 heavy (non-hydrogen) atoms. The molecule has 0 bridgehead atoms. The summed E-state index contributed by atoms with van der Waals surface area (Å²) in [7, 11) is 0. The van der Waals surface area contributed by atoms with Crippen molar-refractivity contribution in [2.75, 3.05) is 25.1 Å². The first-order valence-corrected chi connectivity index (χ1v) is 8.38. The molecule has 2 N–H and O–H groups in total. The van der Waals surface area contributed by atoms with Crippen LogP contribution >= 0.6 is 11.6 Å². The van der Waals surface area contributed by atoms with Crippen molar-refractivity contribution in [2.24, 2.45) is 0 Å². The van der Waals surface area contributed by atoms with Crippen LogP contribution < -0.4 is 10.7 Å². The van der Waals surface area contributed by atoms with E-state index in [-0.39, 0.29) is 19.8 Å². The zero-order chi connectivity index (χ0) is 19.5. The molecule has 0 aliphatic rings. The lowest BCUT2D eigenvalue weighted by molar-refractivity contribution is -0.148. The van der Waals surface area contributed by atoms with Gasteiger partial charge in [0.15, 0.2) is 0 Å². The molecule has 1 unspecified atom stereocenters. The predicted molar refractivity (Wildman–Crippen MR) is 94.5 cm³/mol. The SMILES string of the molecule is CCOC(=O)NN(C(=O)OCC)C(Nc1ccc(Cl)cc1)C(=O)OCC. The fourth-order valence-corrected chi connectivity index (χ4v) is 1.95. The Morgan fingerprint density at radius 1 is 1.00 bits per heavy atom. The van der Waals surface area contributed by atoms with Gasteiger partial charge in [0.2, 0.25) is 6.17 Å². The second kappa shape index (κ2) is 11.0.